The molecule has 1 heterocycles. The van der Waals surface area contributed by atoms with E-state index < -0.39 is 0 Å². The van der Waals surface area contributed by atoms with Crippen molar-refractivity contribution in [1.29, 1.82) is 0 Å². The van der Waals surface area contributed by atoms with Crippen molar-refractivity contribution in [2.24, 2.45) is 0 Å². The third-order valence-electron chi connectivity index (χ3n) is 4.57. The highest BCUT2D eigenvalue weighted by atomic mass is 16.2. The summed E-state index contributed by atoms with van der Waals surface area (Å²) in [7, 11) is 1.91. The van der Waals surface area contributed by atoms with Gasteiger partial charge in [-0.2, -0.15) is 0 Å². The van der Waals surface area contributed by atoms with Crippen molar-refractivity contribution >= 4 is 6.03 Å². The lowest BCUT2D eigenvalue weighted by atomic mass is 9.95. The van der Waals surface area contributed by atoms with Crippen LogP contribution in [0.25, 0.3) is 11.3 Å². The van der Waals surface area contributed by atoms with Gasteiger partial charge in [-0.25, -0.2) is 9.78 Å². The van der Waals surface area contributed by atoms with Gasteiger partial charge in [-0.1, -0.05) is 49.1 Å². The van der Waals surface area contributed by atoms with Crippen LogP contribution in [0.1, 0.15) is 37.7 Å². The van der Waals surface area contributed by atoms with E-state index in [0.717, 1.165) is 24.1 Å². The van der Waals surface area contributed by atoms with Crippen LogP contribution in [0.3, 0.4) is 0 Å². The summed E-state index contributed by atoms with van der Waals surface area (Å²) in [5.41, 5.74) is 3.10. The predicted octanol–water partition coefficient (Wildman–Crippen LogP) is 4.09. The smallest absolute Gasteiger partial charge is 0.324 e. The molecule has 1 amide bonds. The highest BCUT2D eigenvalue weighted by Crippen LogP contribution is 2.23. The van der Waals surface area contributed by atoms with Crippen LogP contribution in [0.15, 0.2) is 36.8 Å². The third kappa shape index (κ3) is 3.06. The lowest BCUT2D eigenvalue weighted by Gasteiger charge is -2.31. The minimum atomic E-state index is 0.0118. The average molecular weight is 297 g/mol. The molecule has 3 rings (SSSR count). The zero-order valence-electron chi connectivity index (χ0n) is 13.3. The fourth-order valence-corrected chi connectivity index (χ4v) is 3.11. The number of aromatic nitrogens is 2. The van der Waals surface area contributed by atoms with Crippen LogP contribution >= 0.6 is 0 Å². The summed E-state index contributed by atoms with van der Waals surface area (Å²) in [4.78, 5) is 18.8. The van der Waals surface area contributed by atoms with Gasteiger partial charge in [-0.3, -0.25) is 4.57 Å². The van der Waals surface area contributed by atoms with E-state index in [1.807, 2.05) is 30.3 Å². The number of carbonyl (C=O) groups excluding carboxylic acids is 1. The maximum absolute atomic E-state index is 12.6. The first-order valence-electron chi connectivity index (χ1n) is 8.03. The molecular formula is C18H23N3O. The van der Waals surface area contributed by atoms with Crippen LogP contribution in [0.4, 0.5) is 4.79 Å². The Morgan fingerprint density at radius 1 is 1.18 bits per heavy atom. The second-order valence-corrected chi connectivity index (χ2v) is 6.22. The molecule has 0 bridgehead atoms. The first-order chi connectivity index (χ1) is 10.6. The topological polar surface area (TPSA) is 38.1 Å². The molecule has 0 spiro atoms. The van der Waals surface area contributed by atoms with Gasteiger partial charge in [-0.15, -0.1) is 0 Å². The number of carbonyl (C=O) groups is 1. The second kappa shape index (κ2) is 6.34. The maximum Gasteiger partial charge on any atom is 0.329 e. The molecule has 1 saturated carbocycles. The van der Waals surface area contributed by atoms with E-state index in [2.05, 4.69) is 24.0 Å². The fourth-order valence-electron chi connectivity index (χ4n) is 3.11. The quantitative estimate of drug-likeness (QED) is 0.837. The van der Waals surface area contributed by atoms with Gasteiger partial charge in [0.25, 0.3) is 0 Å². The number of amides is 1. The molecule has 1 aliphatic rings. The first kappa shape index (κ1) is 14.8. The molecule has 1 fully saturated rings. The SMILES string of the molecule is Cc1ccc(-c2cn(C(=O)N(C)C3CCCCC3)cn2)cc1. The molecule has 4 nitrogen and oxygen atoms in total. The van der Waals surface area contributed by atoms with Crippen molar-refractivity contribution in [1.82, 2.24) is 14.5 Å². The molecule has 1 aromatic heterocycles. The zero-order valence-corrected chi connectivity index (χ0v) is 13.3. The predicted molar refractivity (Wildman–Crippen MR) is 87.8 cm³/mol. The van der Waals surface area contributed by atoms with Gasteiger partial charge in [0.2, 0.25) is 0 Å². The van der Waals surface area contributed by atoms with Crippen LogP contribution in [0.5, 0.6) is 0 Å². The van der Waals surface area contributed by atoms with Crippen LogP contribution in [0, 0.1) is 6.92 Å². The molecule has 0 saturated heterocycles. The molecule has 0 N–H and O–H groups in total. The van der Waals surface area contributed by atoms with Crippen LogP contribution in [0.2, 0.25) is 0 Å². The molecular weight excluding hydrogens is 274 g/mol. The van der Waals surface area contributed by atoms with Crippen molar-refractivity contribution in [3.63, 3.8) is 0 Å². The van der Waals surface area contributed by atoms with Gasteiger partial charge in [0.1, 0.15) is 6.33 Å². The van der Waals surface area contributed by atoms with Gasteiger partial charge < -0.3 is 4.90 Å². The van der Waals surface area contributed by atoms with Crippen molar-refractivity contribution < 1.29 is 4.79 Å². The largest absolute Gasteiger partial charge is 0.329 e. The van der Waals surface area contributed by atoms with Gasteiger partial charge in [0.05, 0.1) is 5.69 Å². The third-order valence-corrected chi connectivity index (χ3v) is 4.57. The Kier molecular flexibility index (Phi) is 4.27. The lowest BCUT2D eigenvalue weighted by Crippen LogP contribution is -2.40. The molecule has 22 heavy (non-hydrogen) atoms. The normalized spacial score (nSPS) is 15.7. The van der Waals surface area contributed by atoms with E-state index in [4.69, 9.17) is 0 Å². The summed E-state index contributed by atoms with van der Waals surface area (Å²) in [5, 5.41) is 0. The monoisotopic (exact) mass is 297 g/mol. The van der Waals surface area contributed by atoms with Crippen molar-refractivity contribution in [3.8, 4) is 11.3 Å². The van der Waals surface area contributed by atoms with Crippen molar-refractivity contribution in [2.75, 3.05) is 7.05 Å². The maximum atomic E-state index is 12.6. The van der Waals surface area contributed by atoms with Gasteiger partial charge >= 0.3 is 6.03 Å². The van der Waals surface area contributed by atoms with Crippen molar-refractivity contribution in [3.05, 3.63) is 42.4 Å². The standard InChI is InChI=1S/C18H23N3O/c1-14-8-10-15(11-9-14)17-12-21(13-19-17)18(22)20(2)16-6-4-3-5-7-16/h8-13,16H,3-7H2,1-2H3. The Balaban J connectivity index is 1.75. The Labute approximate surface area is 131 Å². The summed E-state index contributed by atoms with van der Waals surface area (Å²) in [6.45, 7) is 2.06. The summed E-state index contributed by atoms with van der Waals surface area (Å²) < 4.78 is 1.60. The first-order valence-corrected chi connectivity index (χ1v) is 8.03. The molecule has 0 unspecified atom stereocenters. The molecule has 116 valence electrons. The van der Waals surface area contributed by atoms with E-state index in [-0.39, 0.29) is 6.03 Å². The van der Waals surface area contributed by atoms with Gasteiger partial charge in [-0.05, 0) is 19.8 Å². The number of hydrogen-bond acceptors (Lipinski definition) is 2. The zero-order chi connectivity index (χ0) is 15.5. The van der Waals surface area contributed by atoms with E-state index in [0.29, 0.717) is 6.04 Å². The molecule has 1 aliphatic carbocycles. The van der Waals surface area contributed by atoms with Gasteiger partial charge in [0.15, 0.2) is 0 Å². The number of hydrogen-bond donors (Lipinski definition) is 0. The van der Waals surface area contributed by atoms with Crippen LogP contribution in [-0.4, -0.2) is 33.6 Å². The highest BCUT2D eigenvalue weighted by molar-refractivity contribution is 5.78. The Morgan fingerprint density at radius 2 is 1.86 bits per heavy atom. The Bertz CT molecular complexity index is 639. The summed E-state index contributed by atoms with van der Waals surface area (Å²) in [6, 6.07) is 8.58. The molecule has 0 atom stereocenters. The minimum Gasteiger partial charge on any atom is -0.324 e. The summed E-state index contributed by atoms with van der Waals surface area (Å²) in [6.07, 6.45) is 9.41. The molecule has 4 heteroatoms. The van der Waals surface area contributed by atoms with E-state index in [1.54, 1.807) is 10.9 Å². The van der Waals surface area contributed by atoms with Crippen molar-refractivity contribution in [2.45, 2.75) is 45.1 Å². The van der Waals surface area contributed by atoms with E-state index >= 15 is 0 Å². The van der Waals surface area contributed by atoms with Crippen LogP contribution in [-0.2, 0) is 0 Å². The van der Waals surface area contributed by atoms with E-state index in [9.17, 15) is 4.79 Å². The lowest BCUT2D eigenvalue weighted by molar-refractivity contribution is 0.175. The Hall–Kier alpha value is -2.10. The number of rotatable bonds is 2. The molecule has 1 aromatic carbocycles. The average Bonchev–Trinajstić information content (AvgIpc) is 3.05. The number of benzene rings is 1. The summed E-state index contributed by atoms with van der Waals surface area (Å²) >= 11 is 0. The van der Waals surface area contributed by atoms with Crippen LogP contribution < -0.4 is 0 Å². The minimum absolute atomic E-state index is 0.0118. The fraction of sp³-hybridized carbons (Fsp3) is 0.444. The Morgan fingerprint density at radius 3 is 2.55 bits per heavy atom. The van der Waals surface area contributed by atoms with Gasteiger partial charge in [0, 0.05) is 24.8 Å². The molecule has 0 radical (unpaired) electrons. The number of nitrogens with zero attached hydrogens (tertiary/aromatic N) is 3. The molecule has 0 aliphatic heterocycles. The van der Waals surface area contributed by atoms with E-state index in [1.165, 1.54) is 24.8 Å². The number of imidazole rings is 1. The summed E-state index contributed by atoms with van der Waals surface area (Å²) in [5.74, 6) is 0. The highest BCUT2D eigenvalue weighted by Gasteiger charge is 2.23. The second-order valence-electron chi connectivity index (χ2n) is 6.22. The number of aryl methyl sites for hydroxylation is 1. The molecule has 2 aromatic rings.